The van der Waals surface area contributed by atoms with Crippen LogP contribution < -0.4 is 14.8 Å². The zero-order valence-corrected chi connectivity index (χ0v) is 30.2. The molecule has 13 heteroatoms. The molecular weight excluding hydrogens is 696 g/mol. The Labute approximate surface area is 305 Å². The molecule has 0 bridgehead atoms. The molecule has 1 aliphatic carbocycles. The number of carbonyl (C=O) groups excluding carboxylic acids is 1. The van der Waals surface area contributed by atoms with E-state index in [0.29, 0.717) is 60.3 Å². The van der Waals surface area contributed by atoms with Crippen LogP contribution in [0.15, 0.2) is 48.5 Å². The maximum Gasteiger partial charge on any atom is 0.307 e. The number of aliphatic carboxylic acids is 1. The number of aromatic nitrogens is 2. The zero-order chi connectivity index (χ0) is 36.1. The number of ether oxygens (including phenoxy) is 2. The van der Waals surface area contributed by atoms with Gasteiger partial charge in [0.25, 0.3) is 5.91 Å². The molecule has 2 atom stereocenters. The molecule has 1 aromatic heterocycles. The Balaban J connectivity index is 1.14. The normalized spacial score (nSPS) is 18.7. The molecule has 0 saturated carbocycles. The van der Waals surface area contributed by atoms with Gasteiger partial charge in [-0.1, -0.05) is 53.5 Å². The van der Waals surface area contributed by atoms with Crippen LogP contribution in [-0.2, 0) is 31.4 Å². The molecule has 10 nitrogen and oxygen atoms in total. The molecule has 1 fully saturated rings. The molecule has 4 aromatic rings. The summed E-state index contributed by atoms with van der Waals surface area (Å²) in [6.45, 7) is 4.78. The van der Waals surface area contributed by atoms with Crippen LogP contribution in [0.5, 0.6) is 11.5 Å². The van der Waals surface area contributed by atoms with Gasteiger partial charge in [0.2, 0.25) is 5.82 Å². The number of carboxylic acids is 1. The van der Waals surface area contributed by atoms with Crippen molar-refractivity contribution in [3.8, 4) is 22.6 Å². The number of fused-ring (bicyclic) bond motifs is 2. The maximum absolute atomic E-state index is 16.0. The third-order valence-corrected chi connectivity index (χ3v) is 10.7. The fraction of sp³-hybridized carbons (Fsp3) is 0.342. The van der Waals surface area contributed by atoms with Crippen molar-refractivity contribution >= 4 is 46.3 Å². The van der Waals surface area contributed by atoms with Crippen molar-refractivity contribution in [2.24, 2.45) is 13.0 Å². The number of hydrogen-bond acceptors (Lipinski definition) is 7. The van der Waals surface area contributed by atoms with E-state index in [-0.39, 0.29) is 22.4 Å². The van der Waals surface area contributed by atoms with Gasteiger partial charge in [-0.2, -0.15) is 4.39 Å². The number of carboxylic acid groups (broad SMARTS) is 1. The summed E-state index contributed by atoms with van der Waals surface area (Å²) in [4.78, 5) is 33.7. The summed E-state index contributed by atoms with van der Waals surface area (Å²) in [5.41, 5.74) is 7.06. The van der Waals surface area contributed by atoms with Crippen molar-refractivity contribution in [1.82, 2.24) is 19.4 Å². The zero-order valence-electron chi connectivity index (χ0n) is 28.7. The van der Waals surface area contributed by atoms with Crippen molar-refractivity contribution in [3.63, 3.8) is 0 Å². The summed E-state index contributed by atoms with van der Waals surface area (Å²) in [7, 11) is 5.28. The highest BCUT2D eigenvalue weighted by Gasteiger charge is 2.32. The molecule has 7 rings (SSSR count). The fourth-order valence-corrected chi connectivity index (χ4v) is 8.01. The Morgan fingerprint density at radius 1 is 1.10 bits per heavy atom. The number of hydrogen-bond donors (Lipinski definition) is 2. The molecule has 3 aliphatic rings. The highest BCUT2D eigenvalue weighted by molar-refractivity contribution is 6.36. The van der Waals surface area contributed by atoms with Crippen LogP contribution in [-0.4, -0.2) is 70.1 Å². The van der Waals surface area contributed by atoms with Crippen molar-refractivity contribution in [3.05, 3.63) is 98.3 Å². The molecule has 2 N–H and O–H groups in total. The van der Waals surface area contributed by atoms with Gasteiger partial charge < -0.3 is 29.4 Å². The first-order valence-electron chi connectivity index (χ1n) is 16.8. The summed E-state index contributed by atoms with van der Waals surface area (Å²) < 4.78 is 29.7. The summed E-state index contributed by atoms with van der Waals surface area (Å²) in [5.74, 6) is -2.18. The number of carbonyl (C=O) groups is 2. The smallest absolute Gasteiger partial charge is 0.307 e. The summed E-state index contributed by atoms with van der Waals surface area (Å²) in [5, 5.41) is 12.8. The van der Waals surface area contributed by atoms with E-state index in [2.05, 4.69) is 15.2 Å². The lowest BCUT2D eigenvalue weighted by Crippen LogP contribution is -2.27. The predicted octanol–water partition coefficient (Wildman–Crippen LogP) is 7.23. The molecule has 2 unspecified atom stereocenters. The van der Waals surface area contributed by atoms with Gasteiger partial charge >= 0.3 is 5.97 Å². The van der Waals surface area contributed by atoms with Gasteiger partial charge in [0.15, 0.2) is 17.3 Å². The monoisotopic (exact) mass is 733 g/mol. The number of likely N-dealkylation sites (tertiary alicyclic amines) is 1. The Morgan fingerprint density at radius 2 is 1.86 bits per heavy atom. The molecular formula is C38H38Cl2FN5O5. The summed E-state index contributed by atoms with van der Waals surface area (Å²) in [6, 6.07) is 12.9. The van der Waals surface area contributed by atoms with Crippen LogP contribution in [0.25, 0.3) is 16.7 Å². The number of anilines is 1. The molecule has 3 heterocycles. The van der Waals surface area contributed by atoms with Crippen molar-refractivity contribution in [1.29, 1.82) is 0 Å². The molecule has 1 saturated heterocycles. The summed E-state index contributed by atoms with van der Waals surface area (Å²) in [6.07, 6.45) is 2.59. The van der Waals surface area contributed by atoms with Gasteiger partial charge in [0.1, 0.15) is 6.10 Å². The van der Waals surface area contributed by atoms with E-state index in [1.54, 1.807) is 12.1 Å². The van der Waals surface area contributed by atoms with Gasteiger partial charge in [0.05, 0.1) is 34.5 Å². The molecule has 2 aliphatic heterocycles. The number of halogens is 3. The van der Waals surface area contributed by atoms with Crippen LogP contribution in [0.1, 0.15) is 58.1 Å². The number of amides is 1. The van der Waals surface area contributed by atoms with Gasteiger partial charge in [-0.25, -0.2) is 4.98 Å². The largest absolute Gasteiger partial charge is 0.493 e. The number of rotatable bonds is 9. The molecule has 51 heavy (non-hydrogen) atoms. The molecule has 0 radical (unpaired) electrons. The predicted molar refractivity (Wildman–Crippen MR) is 194 cm³/mol. The molecule has 1 amide bonds. The quantitative estimate of drug-likeness (QED) is 0.186. The van der Waals surface area contributed by atoms with Crippen LogP contribution in [0.3, 0.4) is 0 Å². The first-order chi connectivity index (χ1) is 24.4. The van der Waals surface area contributed by atoms with Crippen LogP contribution in [0, 0.1) is 11.7 Å². The molecule has 3 aromatic carbocycles. The van der Waals surface area contributed by atoms with E-state index in [9.17, 15) is 14.7 Å². The average Bonchev–Trinajstić information content (AvgIpc) is 3.79. The Bertz CT molecular complexity index is 2100. The Hall–Kier alpha value is -4.42. The van der Waals surface area contributed by atoms with E-state index >= 15 is 4.39 Å². The highest BCUT2D eigenvalue weighted by atomic mass is 35.5. The lowest BCUT2D eigenvalue weighted by atomic mass is 9.93. The SMILES string of the molecule is COc1c(CN2CCC(C(=O)O)C2)cc(Cl)c(OC2C=C(C)c3c(-c4cccc(NC(=O)c5nc6c(n5C)CCN(C)C6)c4Cl)cccc32)c1F. The number of likely N-dealkylation sites (N-methyl/N-ethyl adjacent to an activating group) is 1. The second-order valence-electron chi connectivity index (χ2n) is 13.4. The Morgan fingerprint density at radius 3 is 2.61 bits per heavy atom. The highest BCUT2D eigenvalue weighted by Crippen LogP contribution is 2.47. The van der Waals surface area contributed by atoms with Crippen LogP contribution in [0.2, 0.25) is 10.0 Å². The average molecular weight is 735 g/mol. The number of benzene rings is 3. The van der Waals surface area contributed by atoms with Gasteiger partial charge in [-0.3, -0.25) is 14.5 Å². The minimum Gasteiger partial charge on any atom is -0.493 e. The first-order valence-corrected chi connectivity index (χ1v) is 17.5. The van der Waals surface area contributed by atoms with E-state index in [0.717, 1.165) is 46.6 Å². The second kappa shape index (κ2) is 14.0. The number of allylic oxidation sites excluding steroid dienone is 1. The van der Waals surface area contributed by atoms with E-state index in [4.69, 9.17) is 32.7 Å². The maximum atomic E-state index is 16.0. The lowest BCUT2D eigenvalue weighted by molar-refractivity contribution is -0.141. The van der Waals surface area contributed by atoms with Gasteiger partial charge in [0, 0.05) is 62.0 Å². The third-order valence-electron chi connectivity index (χ3n) is 10.1. The Kier molecular flexibility index (Phi) is 9.57. The first kappa shape index (κ1) is 35.0. The van der Waals surface area contributed by atoms with Gasteiger partial charge in [-0.15, -0.1) is 0 Å². The fourth-order valence-electron chi connectivity index (χ4n) is 7.47. The minimum absolute atomic E-state index is 0.00420. The topological polar surface area (TPSA) is 109 Å². The van der Waals surface area contributed by atoms with E-state index in [1.165, 1.54) is 7.11 Å². The van der Waals surface area contributed by atoms with Gasteiger partial charge in [-0.05, 0) is 61.8 Å². The van der Waals surface area contributed by atoms with E-state index < -0.39 is 23.8 Å². The van der Waals surface area contributed by atoms with Crippen molar-refractivity contribution < 1.29 is 28.6 Å². The standard InChI is InChI=1S/C38H38Cl2FN5O5/c1-20-15-30(51-35-26(39)16-22(34(50-4)33(35)41)18-46-14-11-21(17-46)38(48)49)25-9-5-7-23(31(20)25)24-8-6-10-27(32(24)40)43-37(47)36-42-28-19-44(2)13-12-29(28)45(36)3/h5-10,15-16,21,30H,11-14,17-19H2,1-4H3,(H,43,47)(H,48,49). The number of nitrogens with one attached hydrogen (secondary N) is 1. The second-order valence-corrected chi connectivity index (χ2v) is 14.2. The minimum atomic E-state index is -0.839. The van der Waals surface area contributed by atoms with E-state index in [1.807, 2.05) is 66.9 Å². The summed E-state index contributed by atoms with van der Waals surface area (Å²) >= 11 is 13.7. The van der Waals surface area contributed by atoms with Crippen molar-refractivity contribution in [2.75, 3.05) is 39.1 Å². The number of nitrogens with zero attached hydrogens (tertiary/aromatic N) is 4. The number of imidazole rings is 1. The van der Waals surface area contributed by atoms with Crippen LogP contribution >= 0.6 is 23.2 Å². The third kappa shape index (κ3) is 6.48. The van der Waals surface area contributed by atoms with Crippen molar-refractivity contribution in [2.45, 2.75) is 39.0 Å². The number of methoxy groups -OCH3 is 1. The molecule has 266 valence electrons. The van der Waals surface area contributed by atoms with Crippen LogP contribution in [0.4, 0.5) is 10.1 Å². The lowest BCUT2D eigenvalue weighted by Gasteiger charge is -2.22. The molecule has 0 spiro atoms.